The van der Waals surface area contributed by atoms with Gasteiger partial charge in [0.25, 0.3) is 0 Å². The van der Waals surface area contributed by atoms with Crippen LogP contribution < -0.4 is 0 Å². The fourth-order valence-corrected chi connectivity index (χ4v) is 3.97. The number of fused-ring (bicyclic) bond motifs is 1. The zero-order valence-electron chi connectivity index (χ0n) is 17.0. The van der Waals surface area contributed by atoms with Crippen molar-refractivity contribution >= 4 is 35.0 Å². The van der Waals surface area contributed by atoms with Crippen molar-refractivity contribution in [1.82, 2.24) is 19.7 Å². The van der Waals surface area contributed by atoms with E-state index in [1.807, 2.05) is 23.9 Å². The molecule has 152 valence electrons. The fraction of sp³-hybridized carbons (Fsp3) is 0.273. The number of hydrogen-bond donors (Lipinski definition) is 1. The van der Waals surface area contributed by atoms with Crippen LogP contribution in [0.2, 0.25) is 5.02 Å². The van der Waals surface area contributed by atoms with Crippen LogP contribution in [0.1, 0.15) is 32.0 Å². The van der Waals surface area contributed by atoms with Gasteiger partial charge in [0.05, 0.1) is 16.2 Å². The number of imidazole rings is 1. The molecule has 2 aromatic carbocycles. The maximum Gasteiger partial charge on any atom is 0.157 e. The van der Waals surface area contributed by atoms with Crippen molar-refractivity contribution in [2.75, 3.05) is 0 Å². The maximum absolute atomic E-state index is 14.2. The molecule has 2 heterocycles. The quantitative estimate of drug-likeness (QED) is 0.395. The van der Waals surface area contributed by atoms with Crippen LogP contribution in [0.4, 0.5) is 4.39 Å². The number of aromatic amines is 1. The van der Waals surface area contributed by atoms with Crippen LogP contribution in [0.15, 0.2) is 36.4 Å². The van der Waals surface area contributed by atoms with Gasteiger partial charge < -0.3 is 4.98 Å². The van der Waals surface area contributed by atoms with E-state index < -0.39 is 0 Å². The molecular formula is C22H23Cl2FN4. The molecule has 0 unspecified atom stereocenters. The average Bonchev–Trinajstić information content (AvgIpc) is 3.15. The molecule has 0 bridgehead atoms. The highest BCUT2D eigenvalue weighted by Crippen LogP contribution is 2.35. The van der Waals surface area contributed by atoms with E-state index in [2.05, 4.69) is 32.7 Å². The van der Waals surface area contributed by atoms with Crippen LogP contribution in [0.3, 0.4) is 0 Å². The molecule has 0 atom stereocenters. The molecule has 29 heavy (non-hydrogen) atoms. The number of H-pyrrole nitrogens is 1. The third-order valence-electron chi connectivity index (χ3n) is 4.94. The third kappa shape index (κ3) is 3.65. The zero-order chi connectivity index (χ0) is 20.2. The van der Waals surface area contributed by atoms with Crippen molar-refractivity contribution in [2.24, 2.45) is 7.05 Å². The molecule has 4 nitrogen and oxygen atoms in total. The second kappa shape index (κ2) is 7.47. The van der Waals surface area contributed by atoms with Gasteiger partial charge in [0, 0.05) is 23.6 Å². The molecule has 0 fully saturated rings. The Labute approximate surface area is 180 Å². The summed E-state index contributed by atoms with van der Waals surface area (Å²) < 4.78 is 16.1. The predicted molar refractivity (Wildman–Crippen MR) is 119 cm³/mol. The summed E-state index contributed by atoms with van der Waals surface area (Å²) in [6, 6.07) is 10.3. The van der Waals surface area contributed by atoms with Crippen molar-refractivity contribution in [1.29, 1.82) is 0 Å². The molecule has 0 radical (unpaired) electrons. The number of halogens is 3. The van der Waals surface area contributed by atoms with Crippen molar-refractivity contribution in [3.8, 4) is 22.6 Å². The summed E-state index contributed by atoms with van der Waals surface area (Å²) >= 11 is 6.50. The Morgan fingerprint density at radius 1 is 1.14 bits per heavy atom. The molecule has 0 aliphatic rings. The van der Waals surface area contributed by atoms with E-state index in [0.717, 1.165) is 22.5 Å². The first-order valence-corrected chi connectivity index (χ1v) is 9.53. The lowest BCUT2D eigenvalue weighted by Gasteiger charge is -2.16. The summed E-state index contributed by atoms with van der Waals surface area (Å²) in [6.45, 7) is 8.48. The number of hydrogen-bond acceptors (Lipinski definition) is 2. The summed E-state index contributed by atoms with van der Waals surface area (Å²) in [6.07, 6.45) is 0. The number of aromatic nitrogens is 4. The molecule has 1 N–H and O–H groups in total. The smallest absolute Gasteiger partial charge is 0.157 e. The molecule has 0 aliphatic carbocycles. The normalized spacial score (nSPS) is 11.7. The standard InChI is InChI=1S/C22H22ClFN4.ClH/c1-12-19(28(5)27-20(12)22(2,3)4)21-25-17-11-13(10-15(23)18(17)26-21)14-8-6-7-9-16(14)24;/h6-11H,1-5H3,(H,25,26);1H. The summed E-state index contributed by atoms with van der Waals surface area (Å²) in [7, 11) is 1.91. The first-order chi connectivity index (χ1) is 13.2. The molecule has 7 heteroatoms. The highest BCUT2D eigenvalue weighted by Gasteiger charge is 2.25. The predicted octanol–water partition coefficient (Wildman–Crippen LogP) is 6.45. The van der Waals surface area contributed by atoms with Gasteiger partial charge in [-0.15, -0.1) is 12.4 Å². The zero-order valence-corrected chi connectivity index (χ0v) is 18.5. The first-order valence-electron chi connectivity index (χ1n) is 9.15. The van der Waals surface area contributed by atoms with E-state index in [4.69, 9.17) is 21.7 Å². The van der Waals surface area contributed by atoms with Gasteiger partial charge in [0.1, 0.15) is 17.0 Å². The molecule has 0 saturated carbocycles. The minimum atomic E-state index is -0.282. The van der Waals surface area contributed by atoms with Gasteiger partial charge in [-0.25, -0.2) is 9.37 Å². The van der Waals surface area contributed by atoms with Gasteiger partial charge in [-0.05, 0) is 30.7 Å². The summed E-state index contributed by atoms with van der Waals surface area (Å²) in [5.74, 6) is 0.417. The van der Waals surface area contributed by atoms with Gasteiger partial charge in [0.2, 0.25) is 0 Å². The average molecular weight is 433 g/mol. The SMILES string of the molecule is Cc1c(C(C)(C)C)nn(C)c1-c1nc2c(Cl)cc(-c3ccccc3F)cc2[nH]1.Cl. The van der Waals surface area contributed by atoms with Gasteiger partial charge in [-0.2, -0.15) is 5.10 Å². The molecule has 0 spiro atoms. The highest BCUT2D eigenvalue weighted by atomic mass is 35.5. The Kier molecular flexibility index (Phi) is 5.50. The Morgan fingerprint density at radius 3 is 2.45 bits per heavy atom. The van der Waals surface area contributed by atoms with Gasteiger partial charge in [-0.1, -0.05) is 50.6 Å². The van der Waals surface area contributed by atoms with Gasteiger partial charge in [-0.3, -0.25) is 4.68 Å². The molecule has 2 aromatic heterocycles. The van der Waals surface area contributed by atoms with E-state index in [1.165, 1.54) is 6.07 Å². The van der Waals surface area contributed by atoms with Crippen LogP contribution in [-0.4, -0.2) is 19.7 Å². The van der Waals surface area contributed by atoms with Crippen LogP contribution in [0, 0.1) is 12.7 Å². The van der Waals surface area contributed by atoms with Crippen LogP contribution >= 0.6 is 24.0 Å². The molecular weight excluding hydrogens is 410 g/mol. The van der Waals surface area contributed by atoms with Crippen molar-refractivity contribution in [2.45, 2.75) is 33.1 Å². The Hall–Kier alpha value is -2.37. The molecule has 0 saturated heterocycles. The Bertz CT molecular complexity index is 1200. The summed E-state index contributed by atoms with van der Waals surface area (Å²) in [4.78, 5) is 8.06. The maximum atomic E-state index is 14.2. The molecule has 0 amide bonds. The topological polar surface area (TPSA) is 46.5 Å². The van der Waals surface area contributed by atoms with Gasteiger partial charge >= 0.3 is 0 Å². The Morgan fingerprint density at radius 2 is 1.83 bits per heavy atom. The molecule has 0 aliphatic heterocycles. The van der Waals surface area contributed by atoms with Crippen LogP contribution in [0.25, 0.3) is 33.7 Å². The minimum absolute atomic E-state index is 0. The van der Waals surface area contributed by atoms with E-state index in [1.54, 1.807) is 18.2 Å². The lowest BCUT2D eigenvalue weighted by Crippen LogP contribution is -2.13. The monoisotopic (exact) mass is 432 g/mol. The van der Waals surface area contributed by atoms with Crippen molar-refractivity contribution < 1.29 is 4.39 Å². The Balaban J connectivity index is 0.00000240. The van der Waals surface area contributed by atoms with E-state index >= 15 is 0 Å². The van der Waals surface area contributed by atoms with E-state index in [9.17, 15) is 4.39 Å². The number of benzene rings is 2. The van der Waals surface area contributed by atoms with E-state index in [-0.39, 0.29) is 23.6 Å². The van der Waals surface area contributed by atoms with Crippen molar-refractivity contribution in [3.63, 3.8) is 0 Å². The van der Waals surface area contributed by atoms with Crippen LogP contribution in [0.5, 0.6) is 0 Å². The third-order valence-corrected chi connectivity index (χ3v) is 5.23. The fourth-order valence-electron chi connectivity index (χ4n) is 3.71. The summed E-state index contributed by atoms with van der Waals surface area (Å²) in [5, 5.41) is 5.18. The number of aryl methyl sites for hydroxylation is 1. The van der Waals surface area contributed by atoms with Gasteiger partial charge in [0.15, 0.2) is 5.82 Å². The highest BCUT2D eigenvalue weighted by molar-refractivity contribution is 6.35. The molecule has 4 rings (SSSR count). The number of nitrogens with one attached hydrogen (secondary N) is 1. The first kappa shape index (κ1) is 21.3. The number of rotatable bonds is 2. The van der Waals surface area contributed by atoms with Crippen molar-refractivity contribution in [3.05, 3.63) is 58.5 Å². The van der Waals surface area contributed by atoms with Crippen LogP contribution in [-0.2, 0) is 12.5 Å². The second-order valence-corrected chi connectivity index (χ2v) is 8.52. The summed E-state index contributed by atoms with van der Waals surface area (Å²) in [5.41, 5.74) is 5.61. The largest absolute Gasteiger partial charge is 0.337 e. The van der Waals surface area contributed by atoms with E-state index in [0.29, 0.717) is 27.5 Å². The second-order valence-electron chi connectivity index (χ2n) is 8.12. The lowest BCUT2D eigenvalue weighted by atomic mass is 9.89. The molecule has 4 aromatic rings. The minimum Gasteiger partial charge on any atom is -0.337 e. The lowest BCUT2D eigenvalue weighted by molar-refractivity contribution is 0.550. The number of nitrogens with zero attached hydrogens (tertiary/aromatic N) is 3.